The number of hydrogen-bond acceptors (Lipinski definition) is 5. The van der Waals surface area contributed by atoms with Gasteiger partial charge in [-0.3, -0.25) is 9.79 Å². The van der Waals surface area contributed by atoms with E-state index in [1.165, 1.54) is 19.3 Å². The Balaban J connectivity index is 1.52. The number of amides is 1. The van der Waals surface area contributed by atoms with Gasteiger partial charge in [-0.1, -0.05) is 12.1 Å². The van der Waals surface area contributed by atoms with Crippen molar-refractivity contribution in [2.75, 3.05) is 26.7 Å². The first-order valence-electron chi connectivity index (χ1n) is 9.81. The number of aromatic nitrogens is 1. The SMILES string of the molecule is C\N=C/C=C\C(=C\N1CCCCC1)OCC(=O)N/N=C/c1ccc2cc[nH]c2c1. The number of allylic oxidation sites excluding steroid dienone is 2. The molecule has 1 aliphatic heterocycles. The lowest BCUT2D eigenvalue weighted by Gasteiger charge is -2.25. The predicted molar refractivity (Wildman–Crippen MR) is 117 cm³/mol. The van der Waals surface area contributed by atoms with Crippen molar-refractivity contribution in [3.63, 3.8) is 0 Å². The van der Waals surface area contributed by atoms with E-state index in [-0.39, 0.29) is 12.5 Å². The number of nitrogens with one attached hydrogen (secondary N) is 2. The summed E-state index contributed by atoms with van der Waals surface area (Å²) < 4.78 is 5.68. The topological polar surface area (TPSA) is 82.1 Å². The Morgan fingerprint density at radius 2 is 2.14 bits per heavy atom. The first-order valence-corrected chi connectivity index (χ1v) is 9.81. The summed E-state index contributed by atoms with van der Waals surface area (Å²) in [7, 11) is 1.71. The van der Waals surface area contributed by atoms with E-state index in [9.17, 15) is 4.79 Å². The lowest BCUT2D eigenvalue weighted by Crippen LogP contribution is -2.26. The predicted octanol–water partition coefficient (Wildman–Crippen LogP) is 3.22. The molecule has 0 atom stereocenters. The van der Waals surface area contributed by atoms with Crippen molar-refractivity contribution in [3.05, 3.63) is 60.1 Å². The fraction of sp³-hybridized carbons (Fsp3) is 0.318. The molecule has 0 radical (unpaired) electrons. The van der Waals surface area contributed by atoms with Gasteiger partial charge in [0.2, 0.25) is 0 Å². The smallest absolute Gasteiger partial charge is 0.277 e. The summed E-state index contributed by atoms with van der Waals surface area (Å²) in [5, 5.41) is 5.15. The molecule has 152 valence electrons. The van der Waals surface area contributed by atoms with E-state index in [4.69, 9.17) is 4.74 Å². The molecule has 1 fully saturated rings. The number of ether oxygens (including phenoxy) is 1. The normalized spacial score (nSPS) is 15.8. The average molecular weight is 393 g/mol. The zero-order chi connectivity index (χ0) is 20.3. The largest absolute Gasteiger partial charge is 0.482 e. The molecule has 0 bridgehead atoms. The summed E-state index contributed by atoms with van der Waals surface area (Å²) in [6.07, 6.45) is 14.4. The second-order valence-electron chi connectivity index (χ2n) is 6.80. The number of fused-ring (bicyclic) bond motifs is 1. The number of nitrogens with zero attached hydrogens (tertiary/aromatic N) is 3. The maximum absolute atomic E-state index is 12.1. The highest BCUT2D eigenvalue weighted by Crippen LogP contribution is 2.13. The molecule has 7 nitrogen and oxygen atoms in total. The number of likely N-dealkylation sites (tertiary alicyclic amines) is 1. The van der Waals surface area contributed by atoms with Crippen LogP contribution in [-0.4, -0.2) is 55.0 Å². The molecule has 2 aromatic rings. The first kappa shape index (κ1) is 20.4. The van der Waals surface area contributed by atoms with Crippen LogP contribution in [0.3, 0.4) is 0 Å². The Hall–Kier alpha value is -3.35. The van der Waals surface area contributed by atoms with Crippen molar-refractivity contribution in [3.8, 4) is 0 Å². The lowest BCUT2D eigenvalue weighted by molar-refractivity contribution is -0.124. The van der Waals surface area contributed by atoms with Crippen LogP contribution in [0.25, 0.3) is 10.9 Å². The molecular formula is C22H27N5O2. The summed E-state index contributed by atoms with van der Waals surface area (Å²) >= 11 is 0. The van der Waals surface area contributed by atoms with Crippen molar-refractivity contribution in [1.29, 1.82) is 0 Å². The molecule has 7 heteroatoms. The molecule has 0 saturated carbocycles. The van der Waals surface area contributed by atoms with Gasteiger partial charge in [0.1, 0.15) is 5.76 Å². The Morgan fingerprint density at radius 3 is 2.97 bits per heavy atom. The monoisotopic (exact) mass is 393 g/mol. The molecule has 29 heavy (non-hydrogen) atoms. The van der Waals surface area contributed by atoms with Crippen LogP contribution in [0.1, 0.15) is 24.8 Å². The molecule has 0 aliphatic carbocycles. The molecule has 0 spiro atoms. The van der Waals surface area contributed by atoms with Gasteiger partial charge in [-0.25, -0.2) is 5.43 Å². The van der Waals surface area contributed by atoms with Gasteiger partial charge in [0.05, 0.1) is 6.21 Å². The van der Waals surface area contributed by atoms with Crippen LogP contribution in [0.4, 0.5) is 0 Å². The Bertz CT molecular complexity index is 920. The van der Waals surface area contributed by atoms with Gasteiger partial charge in [-0.2, -0.15) is 5.10 Å². The number of carbonyl (C=O) groups excluding carboxylic acids is 1. The molecule has 1 aromatic heterocycles. The van der Waals surface area contributed by atoms with Gasteiger partial charge in [0.25, 0.3) is 5.91 Å². The lowest BCUT2D eigenvalue weighted by atomic mass is 10.1. The van der Waals surface area contributed by atoms with E-state index in [1.807, 2.05) is 42.7 Å². The molecule has 3 rings (SSSR count). The van der Waals surface area contributed by atoms with Crippen molar-refractivity contribution >= 4 is 29.2 Å². The number of aliphatic imine (C=N–C) groups is 1. The van der Waals surface area contributed by atoms with Crippen LogP contribution in [0.15, 0.2) is 64.7 Å². The third-order valence-electron chi connectivity index (χ3n) is 4.55. The van der Waals surface area contributed by atoms with Crippen LogP contribution in [0, 0.1) is 0 Å². The third-order valence-corrected chi connectivity index (χ3v) is 4.55. The van der Waals surface area contributed by atoms with E-state index < -0.39 is 0 Å². The summed E-state index contributed by atoms with van der Waals surface area (Å²) in [4.78, 5) is 21.4. The third kappa shape index (κ3) is 6.64. The highest BCUT2D eigenvalue weighted by molar-refractivity contribution is 5.89. The Morgan fingerprint density at radius 1 is 1.28 bits per heavy atom. The number of carbonyl (C=O) groups is 1. The van der Waals surface area contributed by atoms with E-state index >= 15 is 0 Å². The number of aromatic amines is 1. The van der Waals surface area contributed by atoms with E-state index in [1.54, 1.807) is 25.6 Å². The van der Waals surface area contributed by atoms with Gasteiger partial charge in [0, 0.05) is 44.3 Å². The van der Waals surface area contributed by atoms with Gasteiger partial charge in [0.15, 0.2) is 6.61 Å². The molecule has 1 amide bonds. The quantitative estimate of drug-likeness (QED) is 0.313. The van der Waals surface area contributed by atoms with Gasteiger partial charge >= 0.3 is 0 Å². The first-order chi connectivity index (χ1) is 14.2. The van der Waals surface area contributed by atoms with Crippen LogP contribution in [0.5, 0.6) is 0 Å². The average Bonchev–Trinajstić information content (AvgIpc) is 3.21. The number of rotatable bonds is 8. The minimum atomic E-state index is -0.315. The van der Waals surface area contributed by atoms with Gasteiger partial charge in [-0.05, 0) is 54.5 Å². The molecule has 2 heterocycles. The molecule has 2 N–H and O–H groups in total. The second kappa shape index (κ2) is 10.8. The van der Waals surface area contributed by atoms with Crippen LogP contribution < -0.4 is 5.43 Å². The summed E-state index contributed by atoms with van der Waals surface area (Å²) in [6, 6.07) is 7.93. The van der Waals surface area contributed by atoms with Crippen molar-refractivity contribution in [1.82, 2.24) is 15.3 Å². The minimum Gasteiger partial charge on any atom is -0.482 e. The van der Waals surface area contributed by atoms with Gasteiger partial charge in [-0.15, -0.1) is 0 Å². The van der Waals surface area contributed by atoms with Crippen LogP contribution in [-0.2, 0) is 9.53 Å². The van der Waals surface area contributed by atoms with E-state index in [0.717, 1.165) is 29.6 Å². The fourth-order valence-electron chi connectivity index (χ4n) is 3.09. The summed E-state index contributed by atoms with van der Waals surface area (Å²) in [5.74, 6) is 0.312. The van der Waals surface area contributed by atoms with Crippen LogP contribution >= 0.6 is 0 Å². The van der Waals surface area contributed by atoms with E-state index in [2.05, 4.69) is 25.4 Å². The van der Waals surface area contributed by atoms with Crippen molar-refractivity contribution in [2.45, 2.75) is 19.3 Å². The van der Waals surface area contributed by atoms with Crippen LogP contribution in [0.2, 0.25) is 0 Å². The fourth-order valence-corrected chi connectivity index (χ4v) is 3.09. The van der Waals surface area contributed by atoms with Crippen molar-refractivity contribution in [2.24, 2.45) is 10.1 Å². The zero-order valence-electron chi connectivity index (χ0n) is 16.7. The molecular weight excluding hydrogens is 366 g/mol. The molecule has 1 saturated heterocycles. The summed E-state index contributed by atoms with van der Waals surface area (Å²) in [5.41, 5.74) is 4.43. The molecule has 1 aliphatic rings. The maximum Gasteiger partial charge on any atom is 0.277 e. The molecule has 1 aromatic carbocycles. The second-order valence-corrected chi connectivity index (χ2v) is 6.80. The number of piperidine rings is 1. The Kier molecular flexibility index (Phi) is 7.63. The number of benzene rings is 1. The highest BCUT2D eigenvalue weighted by Gasteiger charge is 2.08. The standard InChI is InChI=1S/C22H27N5O2/c1-23-10-5-6-20(16-27-12-3-2-4-13-27)29-17-22(28)26-25-15-18-7-8-19-9-11-24-21(19)14-18/h5-11,14-16,24H,2-4,12-13,17H2,1H3,(H,26,28)/b6-5-,20-16-,23-10-,25-15+. The minimum absolute atomic E-state index is 0.111. The summed E-state index contributed by atoms with van der Waals surface area (Å²) in [6.45, 7) is 1.90. The van der Waals surface area contributed by atoms with Gasteiger partial charge < -0.3 is 14.6 Å². The van der Waals surface area contributed by atoms with Crippen molar-refractivity contribution < 1.29 is 9.53 Å². The highest BCUT2D eigenvalue weighted by atomic mass is 16.5. The number of hydrogen-bond donors (Lipinski definition) is 2. The van der Waals surface area contributed by atoms with E-state index in [0.29, 0.717) is 5.76 Å². The Labute approximate surface area is 170 Å². The maximum atomic E-state index is 12.1. The number of hydrazone groups is 1. The number of H-pyrrole nitrogens is 1. The molecule has 0 unspecified atom stereocenters. The zero-order valence-corrected chi connectivity index (χ0v) is 16.7.